The first-order valence-corrected chi connectivity index (χ1v) is 14.5. The Hall–Kier alpha value is -5.32. The normalized spacial score (nSPS) is 14.9. The van der Waals surface area contributed by atoms with Crippen molar-refractivity contribution >= 4 is 33.8 Å². The van der Waals surface area contributed by atoms with Gasteiger partial charge in [0.2, 0.25) is 12.7 Å². The van der Waals surface area contributed by atoms with Gasteiger partial charge in [0.15, 0.2) is 28.7 Å². The second-order valence-electron chi connectivity index (χ2n) is 11.1. The molecule has 6 aromatic rings. The van der Waals surface area contributed by atoms with Crippen molar-refractivity contribution < 1.29 is 14.3 Å². The van der Waals surface area contributed by atoms with Crippen molar-refractivity contribution in [3.05, 3.63) is 61.1 Å². The lowest BCUT2D eigenvalue weighted by atomic mass is 9.87. The number of ether oxygens (including phenoxy) is 2. The number of anilines is 1. The predicted octanol–water partition coefficient (Wildman–Crippen LogP) is 6.26. The van der Waals surface area contributed by atoms with E-state index in [4.69, 9.17) is 19.4 Å². The highest BCUT2D eigenvalue weighted by Crippen LogP contribution is 2.38. The largest absolute Gasteiger partial charge is 0.454 e. The van der Waals surface area contributed by atoms with E-state index in [9.17, 15) is 4.79 Å². The molecule has 5 aromatic heterocycles. The number of carbonyl (C=O) groups is 1. The monoisotopic (exact) mass is 572 g/mol. The van der Waals surface area contributed by atoms with E-state index in [1.54, 1.807) is 18.6 Å². The lowest BCUT2D eigenvalue weighted by Gasteiger charge is -2.20. The fourth-order valence-electron chi connectivity index (χ4n) is 6.07. The zero-order chi connectivity index (χ0) is 28.8. The number of amides is 1. The minimum atomic E-state index is 0.0324. The minimum absolute atomic E-state index is 0.0324. The molecule has 0 unspecified atom stereocenters. The van der Waals surface area contributed by atoms with Crippen LogP contribution in [0.2, 0.25) is 0 Å². The number of H-pyrrole nitrogens is 2. The van der Waals surface area contributed by atoms with Gasteiger partial charge >= 0.3 is 0 Å². The van der Waals surface area contributed by atoms with Crippen molar-refractivity contribution in [2.75, 3.05) is 12.1 Å². The molecular weight excluding hydrogens is 544 g/mol. The van der Waals surface area contributed by atoms with Gasteiger partial charge in [-0.15, -0.1) is 0 Å². The molecule has 0 spiro atoms. The van der Waals surface area contributed by atoms with Crippen LogP contribution >= 0.6 is 0 Å². The molecule has 3 N–H and O–H groups in total. The predicted molar refractivity (Wildman–Crippen MR) is 161 cm³/mol. The highest BCUT2D eigenvalue weighted by molar-refractivity contribution is 5.95. The quantitative estimate of drug-likeness (QED) is 0.212. The summed E-state index contributed by atoms with van der Waals surface area (Å²) in [7, 11) is 0. The van der Waals surface area contributed by atoms with Crippen LogP contribution in [0.3, 0.4) is 0 Å². The van der Waals surface area contributed by atoms with E-state index in [1.165, 1.54) is 19.3 Å². The van der Waals surface area contributed by atoms with Crippen molar-refractivity contribution in [2.24, 2.45) is 5.92 Å². The van der Waals surface area contributed by atoms with Crippen LogP contribution < -0.4 is 14.8 Å². The molecule has 0 radical (unpaired) electrons. The van der Waals surface area contributed by atoms with Gasteiger partial charge in [-0.25, -0.2) is 15.0 Å². The molecule has 6 heterocycles. The van der Waals surface area contributed by atoms with Gasteiger partial charge in [0.1, 0.15) is 5.52 Å². The number of carbonyl (C=O) groups excluding carboxylic acids is 1. The molecule has 214 valence electrons. The molecule has 11 nitrogen and oxygen atoms in total. The molecule has 1 aliphatic carbocycles. The Labute approximate surface area is 246 Å². The van der Waals surface area contributed by atoms with Crippen LogP contribution in [0.25, 0.3) is 56.1 Å². The topological polar surface area (TPSA) is 144 Å². The van der Waals surface area contributed by atoms with E-state index in [0.717, 1.165) is 46.3 Å². The second kappa shape index (κ2) is 10.5. The van der Waals surface area contributed by atoms with Crippen LogP contribution in [0.1, 0.15) is 38.5 Å². The third-order valence-electron chi connectivity index (χ3n) is 8.22. The third-order valence-corrected chi connectivity index (χ3v) is 8.22. The van der Waals surface area contributed by atoms with Gasteiger partial charge in [0.05, 0.1) is 28.6 Å². The Kier molecular flexibility index (Phi) is 6.20. The highest BCUT2D eigenvalue weighted by atomic mass is 16.7. The first-order valence-electron chi connectivity index (χ1n) is 14.5. The summed E-state index contributed by atoms with van der Waals surface area (Å²) in [5, 5.41) is 10.6. The number of pyridine rings is 3. The van der Waals surface area contributed by atoms with Gasteiger partial charge in [-0.05, 0) is 60.7 Å². The number of nitrogens with zero attached hydrogens (tertiary/aromatic N) is 5. The maximum Gasteiger partial charge on any atom is 0.231 e. The molecule has 1 aliphatic heterocycles. The number of hydrogen-bond acceptors (Lipinski definition) is 8. The van der Waals surface area contributed by atoms with Crippen molar-refractivity contribution in [1.29, 1.82) is 0 Å². The molecule has 1 fully saturated rings. The number of imidazole rings is 1. The minimum Gasteiger partial charge on any atom is -0.454 e. The van der Waals surface area contributed by atoms with Crippen LogP contribution in [-0.4, -0.2) is 47.8 Å². The number of aromatic nitrogens is 7. The fourth-order valence-corrected chi connectivity index (χ4v) is 6.07. The molecule has 8 rings (SSSR count). The smallest absolute Gasteiger partial charge is 0.231 e. The Bertz CT molecular complexity index is 1990. The van der Waals surface area contributed by atoms with Gasteiger partial charge in [-0.3, -0.25) is 14.9 Å². The van der Waals surface area contributed by atoms with Crippen molar-refractivity contribution in [3.8, 4) is 45.4 Å². The average Bonchev–Trinajstić information content (AvgIpc) is 3.79. The lowest BCUT2D eigenvalue weighted by molar-refractivity contribution is -0.117. The van der Waals surface area contributed by atoms with Gasteiger partial charge in [0, 0.05) is 29.9 Å². The highest BCUT2D eigenvalue weighted by Gasteiger charge is 2.20. The number of fused-ring (bicyclic) bond motifs is 3. The fraction of sp³-hybridized carbons (Fsp3) is 0.250. The summed E-state index contributed by atoms with van der Waals surface area (Å²) in [6.07, 6.45) is 11.7. The maximum atomic E-state index is 12.7. The van der Waals surface area contributed by atoms with Gasteiger partial charge in [-0.2, -0.15) is 5.10 Å². The number of benzene rings is 1. The van der Waals surface area contributed by atoms with Crippen LogP contribution in [0.4, 0.5) is 5.69 Å². The number of hydrogen-bond donors (Lipinski definition) is 3. The van der Waals surface area contributed by atoms with Crippen LogP contribution in [0, 0.1) is 5.92 Å². The molecule has 0 bridgehead atoms. The molecule has 2 aliphatic rings. The van der Waals surface area contributed by atoms with E-state index in [1.807, 2.05) is 42.5 Å². The molecule has 1 aromatic carbocycles. The summed E-state index contributed by atoms with van der Waals surface area (Å²) in [5.74, 6) is 2.49. The molecule has 1 saturated carbocycles. The Morgan fingerprint density at radius 3 is 2.79 bits per heavy atom. The Morgan fingerprint density at radius 2 is 1.86 bits per heavy atom. The number of aromatic amines is 2. The maximum absolute atomic E-state index is 12.7. The number of nitrogens with one attached hydrogen (secondary N) is 3. The van der Waals surface area contributed by atoms with Gasteiger partial charge in [-0.1, -0.05) is 25.3 Å². The van der Waals surface area contributed by atoms with E-state index in [0.29, 0.717) is 52.2 Å². The van der Waals surface area contributed by atoms with E-state index >= 15 is 0 Å². The Morgan fingerprint density at radius 1 is 0.953 bits per heavy atom. The molecule has 0 atom stereocenters. The summed E-state index contributed by atoms with van der Waals surface area (Å²) >= 11 is 0. The Balaban J connectivity index is 1.10. The molecule has 0 saturated heterocycles. The van der Waals surface area contributed by atoms with Crippen molar-refractivity contribution in [3.63, 3.8) is 0 Å². The summed E-state index contributed by atoms with van der Waals surface area (Å²) < 4.78 is 11.0. The first-order chi connectivity index (χ1) is 21.2. The molecule has 43 heavy (non-hydrogen) atoms. The zero-order valence-corrected chi connectivity index (χ0v) is 23.3. The second-order valence-corrected chi connectivity index (χ2v) is 11.1. The summed E-state index contributed by atoms with van der Waals surface area (Å²) in [6.45, 7) is 0.218. The van der Waals surface area contributed by atoms with Crippen molar-refractivity contribution in [2.45, 2.75) is 38.5 Å². The molecule has 11 heteroatoms. The SMILES string of the molecule is O=C(CC1CCCCC1)Nc1cncc(-c2ccc3[nH]nc(-c4nc5nccc(-c6ccc7c(c6)OCO7)c5[nH]4)c3n2)c1. The van der Waals surface area contributed by atoms with Crippen LogP contribution in [-0.2, 0) is 4.79 Å². The lowest BCUT2D eigenvalue weighted by Crippen LogP contribution is -2.18. The van der Waals surface area contributed by atoms with E-state index < -0.39 is 0 Å². The van der Waals surface area contributed by atoms with Gasteiger partial charge < -0.3 is 19.8 Å². The molecule has 1 amide bonds. The first kappa shape index (κ1) is 25.4. The average molecular weight is 573 g/mol. The molecular formula is C32H28N8O3. The number of rotatable bonds is 6. The van der Waals surface area contributed by atoms with Gasteiger partial charge in [0.25, 0.3) is 0 Å². The van der Waals surface area contributed by atoms with E-state index in [2.05, 4.69) is 30.5 Å². The van der Waals surface area contributed by atoms with Crippen molar-refractivity contribution in [1.82, 2.24) is 35.1 Å². The van der Waals surface area contributed by atoms with E-state index in [-0.39, 0.29) is 12.7 Å². The summed E-state index contributed by atoms with van der Waals surface area (Å²) in [5.41, 5.74) is 7.41. The summed E-state index contributed by atoms with van der Waals surface area (Å²) in [6, 6.07) is 13.5. The zero-order valence-electron chi connectivity index (χ0n) is 23.3. The van der Waals surface area contributed by atoms with Crippen LogP contribution in [0.15, 0.2) is 61.1 Å². The summed E-state index contributed by atoms with van der Waals surface area (Å²) in [4.78, 5) is 34.7. The van der Waals surface area contributed by atoms with Crippen LogP contribution in [0.5, 0.6) is 11.5 Å². The standard InChI is InChI=1S/C32H28N8O3/c41-27(12-18-4-2-1-3-5-18)35-21-13-20(15-33-16-21)23-7-8-24-29(36-23)30(40-39-24)32-37-28-22(10-11-34-31(28)38-32)19-6-9-25-26(14-19)43-17-42-25/h6-11,13-16,18H,1-5,12,17H2,(H,35,41)(H,39,40)(H,34,37,38). The third kappa shape index (κ3) is 4.82.